The molecule has 0 atom stereocenters. The minimum absolute atomic E-state index is 0. The van der Waals surface area contributed by atoms with E-state index in [1.165, 1.54) is 73.6 Å². The third-order valence-corrected chi connectivity index (χ3v) is 11.2. The Bertz CT molecular complexity index is 2390. The van der Waals surface area contributed by atoms with Crippen molar-refractivity contribution in [3.05, 3.63) is 120 Å². The number of nitrogens with zero attached hydrogens (tertiary/aromatic N) is 4. The molecule has 5 nitrogen and oxygen atoms in total. The first-order chi connectivity index (χ1) is 24.4. The van der Waals surface area contributed by atoms with Crippen molar-refractivity contribution in [3.63, 3.8) is 0 Å². The average Bonchev–Trinajstić information content (AvgIpc) is 3.97. The molecule has 0 saturated heterocycles. The molecule has 2 saturated carbocycles. The van der Waals surface area contributed by atoms with Crippen molar-refractivity contribution in [1.82, 2.24) is 19.5 Å². The van der Waals surface area contributed by atoms with Crippen molar-refractivity contribution < 1.29 is 24.5 Å². The van der Waals surface area contributed by atoms with Crippen LogP contribution in [0.2, 0.25) is 0 Å². The van der Waals surface area contributed by atoms with E-state index in [1.807, 2.05) is 43.5 Å². The van der Waals surface area contributed by atoms with Gasteiger partial charge in [0, 0.05) is 42.9 Å². The Morgan fingerprint density at radius 3 is 2.41 bits per heavy atom. The Labute approximate surface area is 313 Å². The number of furan rings is 1. The van der Waals surface area contributed by atoms with E-state index in [2.05, 4.69) is 95.1 Å². The number of benzene rings is 3. The Balaban J connectivity index is 0.000000144. The Kier molecular flexibility index (Phi) is 9.02. The predicted molar refractivity (Wildman–Crippen MR) is 203 cm³/mol. The molecule has 4 aromatic heterocycles. The van der Waals surface area contributed by atoms with Gasteiger partial charge in [-0.05, 0) is 93.8 Å². The number of imidazole rings is 1. The predicted octanol–water partition coefficient (Wildman–Crippen LogP) is 11.7. The quantitative estimate of drug-likeness (QED) is 0.166. The van der Waals surface area contributed by atoms with Crippen LogP contribution in [0.4, 0.5) is 0 Å². The van der Waals surface area contributed by atoms with Crippen LogP contribution in [0.15, 0.2) is 89.5 Å². The van der Waals surface area contributed by atoms with Crippen LogP contribution in [0, 0.1) is 19.1 Å². The first-order valence-electron chi connectivity index (χ1n) is 18.3. The summed E-state index contributed by atoms with van der Waals surface area (Å²) >= 11 is 0. The van der Waals surface area contributed by atoms with Crippen molar-refractivity contribution in [1.29, 1.82) is 0 Å². The molecule has 1 radical (unpaired) electrons. The van der Waals surface area contributed by atoms with E-state index in [4.69, 9.17) is 9.40 Å². The number of aryl methyl sites for hydroxylation is 1. The van der Waals surface area contributed by atoms with Gasteiger partial charge in [-0.3, -0.25) is 4.98 Å². The van der Waals surface area contributed by atoms with E-state index in [-0.39, 0.29) is 25.6 Å². The normalized spacial score (nSPS) is 16.8. The molecule has 0 amide bonds. The fourth-order valence-electron chi connectivity index (χ4n) is 8.61. The number of rotatable bonds is 4. The standard InChI is InChI=1S/C23H23N2.C22H19N2O.Ir/c1-23(2)15-14-19-18(16-8-6-7-9-16)12-13-20-21(19)25(23)22(24-20)17-10-4-3-5-11-17;1-14-9-10-18-17-7-4-8-19(21(17)25-22(18)24-14)20-13-16(11-12-23-20)15-5-2-3-6-15;/h3-5,10,12-16H,6-9H2,1-2H3;4,7,9-13,15H,2-3,5-6H2,1H3;/q2*-1;. The molecule has 5 heterocycles. The molecule has 0 N–H and O–H groups in total. The van der Waals surface area contributed by atoms with Crippen LogP contribution >= 0.6 is 0 Å². The summed E-state index contributed by atoms with van der Waals surface area (Å²) in [7, 11) is 0. The van der Waals surface area contributed by atoms with Gasteiger partial charge < -0.3 is 14.0 Å². The number of fused-ring (bicyclic) bond motifs is 3. The van der Waals surface area contributed by atoms with Crippen LogP contribution in [0.1, 0.15) is 99.4 Å². The molecule has 0 spiro atoms. The van der Waals surface area contributed by atoms with Gasteiger partial charge in [-0.2, -0.15) is 0 Å². The monoisotopic (exact) mass is 847 g/mol. The maximum atomic E-state index is 6.10. The third-order valence-electron chi connectivity index (χ3n) is 11.2. The van der Waals surface area contributed by atoms with E-state index in [9.17, 15) is 0 Å². The van der Waals surface area contributed by atoms with Crippen molar-refractivity contribution in [2.45, 2.75) is 89.5 Å². The van der Waals surface area contributed by atoms with Gasteiger partial charge in [0.2, 0.25) is 5.71 Å². The van der Waals surface area contributed by atoms with Gasteiger partial charge in [0.05, 0.1) is 28.0 Å². The molecule has 10 rings (SSSR count). The zero-order valence-electron chi connectivity index (χ0n) is 29.5. The van der Waals surface area contributed by atoms with Crippen LogP contribution < -0.4 is 0 Å². The topological polar surface area (TPSA) is 56.7 Å². The number of hydrogen-bond acceptors (Lipinski definition) is 4. The van der Waals surface area contributed by atoms with Gasteiger partial charge in [-0.1, -0.05) is 66.5 Å². The maximum absolute atomic E-state index is 6.10. The van der Waals surface area contributed by atoms with Gasteiger partial charge in [-0.25, -0.2) is 4.98 Å². The molecule has 2 fully saturated rings. The van der Waals surface area contributed by atoms with E-state index in [0.29, 0.717) is 17.5 Å². The fourth-order valence-corrected chi connectivity index (χ4v) is 8.61. The summed E-state index contributed by atoms with van der Waals surface area (Å²) in [4.78, 5) is 14.1. The van der Waals surface area contributed by atoms with E-state index < -0.39 is 0 Å². The molecule has 3 aliphatic rings. The van der Waals surface area contributed by atoms with Crippen LogP contribution in [0.5, 0.6) is 0 Å². The van der Waals surface area contributed by atoms with E-state index in [0.717, 1.165) is 50.2 Å². The summed E-state index contributed by atoms with van der Waals surface area (Å²) in [5, 5.41) is 2.12. The summed E-state index contributed by atoms with van der Waals surface area (Å²) < 4.78 is 8.52. The first kappa shape index (κ1) is 33.7. The SMILES string of the molecule is CC1(C)C=Cc2c(C3CCCC3)ccc3nc(-c4[c-]cccc4)n1c23.Cc1ccc2c(n1)oc1c(-c3cc(C4CCCC4)ccn3)[c-]ccc12.[Ir]. The molecular formula is C45H42IrN4O-2. The Morgan fingerprint density at radius 2 is 1.63 bits per heavy atom. The molecule has 1 aliphatic heterocycles. The molecule has 259 valence electrons. The van der Waals surface area contributed by atoms with Gasteiger partial charge in [0.15, 0.2) is 0 Å². The first-order valence-corrected chi connectivity index (χ1v) is 18.3. The minimum atomic E-state index is -0.0882. The van der Waals surface area contributed by atoms with E-state index in [1.54, 1.807) is 0 Å². The van der Waals surface area contributed by atoms with Gasteiger partial charge in [0.1, 0.15) is 0 Å². The van der Waals surface area contributed by atoms with Gasteiger partial charge in [-0.15, -0.1) is 54.1 Å². The summed E-state index contributed by atoms with van der Waals surface area (Å²) in [6, 6.07) is 31.9. The van der Waals surface area contributed by atoms with Crippen molar-refractivity contribution in [3.8, 4) is 22.6 Å². The van der Waals surface area contributed by atoms with Crippen molar-refractivity contribution >= 4 is 39.2 Å². The van der Waals surface area contributed by atoms with Crippen molar-refractivity contribution in [2.75, 3.05) is 0 Å². The van der Waals surface area contributed by atoms with E-state index >= 15 is 0 Å². The largest absolute Gasteiger partial charge is 0.486 e. The van der Waals surface area contributed by atoms with Gasteiger partial charge >= 0.3 is 0 Å². The van der Waals surface area contributed by atoms with Crippen LogP contribution in [0.3, 0.4) is 0 Å². The molecule has 0 unspecified atom stereocenters. The van der Waals surface area contributed by atoms with Crippen LogP contribution in [-0.4, -0.2) is 19.5 Å². The summed E-state index contributed by atoms with van der Waals surface area (Å²) in [6.07, 6.45) is 17.2. The number of hydrogen-bond donors (Lipinski definition) is 0. The van der Waals surface area contributed by atoms with Crippen LogP contribution in [0.25, 0.3) is 61.8 Å². The second-order valence-corrected chi connectivity index (χ2v) is 14.9. The molecule has 3 aromatic carbocycles. The zero-order chi connectivity index (χ0) is 33.8. The molecular weight excluding hydrogens is 805 g/mol. The second-order valence-electron chi connectivity index (χ2n) is 14.9. The molecule has 6 heteroatoms. The molecule has 2 aliphatic carbocycles. The molecule has 7 aromatic rings. The molecule has 0 bridgehead atoms. The third kappa shape index (κ3) is 6.07. The number of aromatic nitrogens is 4. The molecule has 51 heavy (non-hydrogen) atoms. The summed E-state index contributed by atoms with van der Waals surface area (Å²) in [5.41, 5.74) is 12.0. The second kappa shape index (κ2) is 13.6. The smallest absolute Gasteiger partial charge is 0.216 e. The number of pyridine rings is 2. The van der Waals surface area contributed by atoms with Crippen LogP contribution in [-0.2, 0) is 25.6 Å². The Morgan fingerprint density at radius 1 is 0.824 bits per heavy atom. The van der Waals surface area contributed by atoms with Crippen molar-refractivity contribution in [2.24, 2.45) is 0 Å². The summed E-state index contributed by atoms with van der Waals surface area (Å²) in [5.74, 6) is 2.40. The Hall–Kier alpha value is -4.38. The summed E-state index contributed by atoms with van der Waals surface area (Å²) in [6.45, 7) is 6.51. The minimum Gasteiger partial charge on any atom is -0.486 e. The van der Waals surface area contributed by atoms with Gasteiger partial charge in [0.25, 0.3) is 0 Å². The average molecular weight is 847 g/mol. The fraction of sp³-hybridized carbons (Fsp3) is 0.311. The number of allylic oxidation sites excluding steroid dienone is 1. The maximum Gasteiger partial charge on any atom is 0.216 e. The zero-order valence-corrected chi connectivity index (χ0v) is 31.9.